The lowest BCUT2D eigenvalue weighted by atomic mass is 9.98. The van der Waals surface area contributed by atoms with Crippen molar-refractivity contribution in [1.29, 1.82) is 0 Å². The zero-order valence-electron chi connectivity index (χ0n) is 13.8. The Hall–Kier alpha value is -1.26. The Kier molecular flexibility index (Phi) is 6.52. The van der Waals surface area contributed by atoms with Gasteiger partial charge in [0.25, 0.3) is 0 Å². The van der Waals surface area contributed by atoms with Crippen molar-refractivity contribution in [2.45, 2.75) is 25.8 Å². The van der Waals surface area contributed by atoms with Crippen molar-refractivity contribution in [3.05, 3.63) is 34.9 Å². The standard InChI is InChI=1S/C17H27ClN4/c1-13(15-7-4-8-16(18)10-15)21-17(19-2)20-11-14-6-5-9-22(3)12-14/h4,7-8,10,13-14H,5-6,9,11-12H2,1-3H3,(H2,19,20,21). The van der Waals surface area contributed by atoms with Crippen LogP contribution in [0.2, 0.25) is 5.02 Å². The van der Waals surface area contributed by atoms with Crippen molar-refractivity contribution < 1.29 is 0 Å². The first-order chi connectivity index (χ1) is 10.6. The van der Waals surface area contributed by atoms with Crippen LogP contribution in [0.25, 0.3) is 0 Å². The van der Waals surface area contributed by atoms with Gasteiger partial charge in [-0.05, 0) is 57.0 Å². The smallest absolute Gasteiger partial charge is 0.191 e. The summed E-state index contributed by atoms with van der Waals surface area (Å²) in [6, 6.07) is 8.10. The predicted octanol–water partition coefficient (Wildman–Crippen LogP) is 2.91. The van der Waals surface area contributed by atoms with Gasteiger partial charge in [-0.15, -0.1) is 0 Å². The van der Waals surface area contributed by atoms with Crippen molar-refractivity contribution in [2.75, 3.05) is 33.7 Å². The van der Waals surface area contributed by atoms with Gasteiger partial charge in [0.05, 0.1) is 6.04 Å². The molecular weight excluding hydrogens is 296 g/mol. The topological polar surface area (TPSA) is 39.7 Å². The highest BCUT2D eigenvalue weighted by atomic mass is 35.5. The summed E-state index contributed by atoms with van der Waals surface area (Å²) in [4.78, 5) is 6.73. The van der Waals surface area contributed by atoms with E-state index in [-0.39, 0.29) is 6.04 Å². The molecule has 1 saturated heterocycles. The van der Waals surface area contributed by atoms with E-state index in [2.05, 4.69) is 40.6 Å². The van der Waals surface area contributed by atoms with E-state index >= 15 is 0 Å². The van der Waals surface area contributed by atoms with Crippen molar-refractivity contribution in [1.82, 2.24) is 15.5 Å². The lowest BCUT2D eigenvalue weighted by Gasteiger charge is -2.30. The monoisotopic (exact) mass is 322 g/mol. The average Bonchev–Trinajstić information content (AvgIpc) is 2.51. The zero-order valence-corrected chi connectivity index (χ0v) is 14.5. The average molecular weight is 323 g/mol. The molecule has 0 aromatic heterocycles. The Balaban J connectivity index is 1.84. The van der Waals surface area contributed by atoms with E-state index in [0.717, 1.165) is 29.6 Å². The van der Waals surface area contributed by atoms with Gasteiger partial charge >= 0.3 is 0 Å². The van der Waals surface area contributed by atoms with Crippen LogP contribution in [-0.4, -0.2) is 44.6 Å². The van der Waals surface area contributed by atoms with Gasteiger partial charge in [-0.1, -0.05) is 23.7 Å². The molecule has 122 valence electrons. The van der Waals surface area contributed by atoms with Crippen LogP contribution in [0.4, 0.5) is 0 Å². The lowest BCUT2D eigenvalue weighted by Crippen LogP contribution is -2.44. The van der Waals surface area contributed by atoms with Crippen LogP contribution < -0.4 is 10.6 Å². The number of hydrogen-bond acceptors (Lipinski definition) is 2. The first-order valence-electron chi connectivity index (χ1n) is 7.99. The molecule has 0 bridgehead atoms. The lowest BCUT2D eigenvalue weighted by molar-refractivity contribution is 0.210. The number of nitrogens with zero attached hydrogens (tertiary/aromatic N) is 2. The number of nitrogens with one attached hydrogen (secondary N) is 2. The summed E-state index contributed by atoms with van der Waals surface area (Å²) in [5, 5.41) is 7.65. The normalized spacial score (nSPS) is 21.5. The molecule has 4 nitrogen and oxygen atoms in total. The molecule has 5 heteroatoms. The number of guanidine groups is 1. The van der Waals surface area contributed by atoms with Gasteiger partial charge < -0.3 is 15.5 Å². The van der Waals surface area contributed by atoms with E-state index in [1.54, 1.807) is 0 Å². The minimum atomic E-state index is 0.166. The molecule has 2 N–H and O–H groups in total. The Morgan fingerprint density at radius 2 is 2.32 bits per heavy atom. The number of likely N-dealkylation sites (tertiary alicyclic amines) is 1. The fourth-order valence-electron chi connectivity index (χ4n) is 2.94. The van der Waals surface area contributed by atoms with Crippen LogP contribution in [0.5, 0.6) is 0 Å². The molecule has 2 unspecified atom stereocenters. The van der Waals surface area contributed by atoms with Crippen LogP contribution >= 0.6 is 11.6 Å². The minimum Gasteiger partial charge on any atom is -0.356 e. The Morgan fingerprint density at radius 1 is 1.50 bits per heavy atom. The molecule has 1 aromatic rings. The number of benzene rings is 1. The van der Waals surface area contributed by atoms with E-state index in [4.69, 9.17) is 11.6 Å². The van der Waals surface area contributed by atoms with Crippen molar-refractivity contribution in [3.63, 3.8) is 0 Å². The summed E-state index contributed by atoms with van der Waals surface area (Å²) < 4.78 is 0. The van der Waals surface area contributed by atoms with Gasteiger partial charge in [-0.25, -0.2) is 0 Å². The summed E-state index contributed by atoms with van der Waals surface area (Å²) in [5.74, 6) is 1.54. The van der Waals surface area contributed by atoms with E-state index in [9.17, 15) is 0 Å². The number of rotatable bonds is 4. The molecular formula is C17H27ClN4. The van der Waals surface area contributed by atoms with Crippen LogP contribution in [0.3, 0.4) is 0 Å². The number of aliphatic imine (C=N–C) groups is 1. The maximum absolute atomic E-state index is 6.06. The summed E-state index contributed by atoms with van der Waals surface area (Å²) in [5.41, 5.74) is 1.16. The van der Waals surface area contributed by atoms with Gasteiger partial charge in [0.15, 0.2) is 5.96 Å². The third-order valence-electron chi connectivity index (χ3n) is 4.21. The molecule has 1 aliphatic rings. The third kappa shape index (κ3) is 5.18. The zero-order chi connectivity index (χ0) is 15.9. The summed E-state index contributed by atoms with van der Waals surface area (Å²) in [6.07, 6.45) is 2.58. The number of halogens is 1. The molecule has 0 aliphatic carbocycles. The minimum absolute atomic E-state index is 0.166. The fourth-order valence-corrected chi connectivity index (χ4v) is 3.14. The molecule has 0 amide bonds. The van der Waals surface area contributed by atoms with E-state index < -0.39 is 0 Å². The molecule has 22 heavy (non-hydrogen) atoms. The summed E-state index contributed by atoms with van der Waals surface area (Å²) in [7, 11) is 4.01. The Bertz CT molecular complexity index is 503. The second kappa shape index (κ2) is 8.39. The van der Waals surface area contributed by atoms with Crippen molar-refractivity contribution >= 4 is 17.6 Å². The maximum atomic E-state index is 6.06. The highest BCUT2D eigenvalue weighted by Crippen LogP contribution is 2.17. The van der Waals surface area contributed by atoms with Crippen LogP contribution in [-0.2, 0) is 0 Å². The van der Waals surface area contributed by atoms with E-state index in [1.807, 2.05) is 25.2 Å². The highest BCUT2D eigenvalue weighted by molar-refractivity contribution is 6.30. The molecule has 0 spiro atoms. The Morgan fingerprint density at radius 3 is 3.00 bits per heavy atom. The van der Waals surface area contributed by atoms with E-state index in [1.165, 1.54) is 19.4 Å². The van der Waals surface area contributed by atoms with Gasteiger partial charge in [0, 0.05) is 25.2 Å². The fraction of sp³-hybridized carbons (Fsp3) is 0.588. The number of hydrogen-bond donors (Lipinski definition) is 2. The molecule has 2 atom stereocenters. The molecule has 0 radical (unpaired) electrons. The van der Waals surface area contributed by atoms with Gasteiger partial charge in [0.2, 0.25) is 0 Å². The second-order valence-corrected chi connectivity index (χ2v) is 6.58. The summed E-state index contributed by atoms with van der Waals surface area (Å²) in [6.45, 7) is 5.46. The van der Waals surface area contributed by atoms with Crippen molar-refractivity contribution in [3.8, 4) is 0 Å². The van der Waals surface area contributed by atoms with Crippen LogP contribution in [0.15, 0.2) is 29.3 Å². The summed E-state index contributed by atoms with van der Waals surface area (Å²) >= 11 is 6.06. The molecule has 1 fully saturated rings. The second-order valence-electron chi connectivity index (χ2n) is 6.14. The number of piperidine rings is 1. The SMILES string of the molecule is CN=C(NCC1CCCN(C)C1)NC(C)c1cccc(Cl)c1. The first kappa shape index (κ1) is 17.1. The van der Waals surface area contributed by atoms with Gasteiger partial charge in [0.1, 0.15) is 0 Å². The van der Waals surface area contributed by atoms with E-state index in [0.29, 0.717) is 5.92 Å². The Labute approximate surface area is 138 Å². The largest absolute Gasteiger partial charge is 0.356 e. The van der Waals surface area contributed by atoms with Crippen molar-refractivity contribution in [2.24, 2.45) is 10.9 Å². The molecule has 0 saturated carbocycles. The van der Waals surface area contributed by atoms with Gasteiger partial charge in [-0.2, -0.15) is 0 Å². The van der Waals surface area contributed by atoms with Crippen LogP contribution in [0, 0.1) is 5.92 Å². The maximum Gasteiger partial charge on any atom is 0.191 e. The third-order valence-corrected chi connectivity index (χ3v) is 4.44. The molecule has 1 aliphatic heterocycles. The highest BCUT2D eigenvalue weighted by Gasteiger charge is 2.17. The molecule has 1 heterocycles. The van der Waals surface area contributed by atoms with Crippen LogP contribution in [0.1, 0.15) is 31.4 Å². The predicted molar refractivity (Wildman–Crippen MR) is 94.6 cm³/mol. The molecule has 2 rings (SSSR count). The van der Waals surface area contributed by atoms with Gasteiger partial charge in [-0.3, -0.25) is 4.99 Å². The quantitative estimate of drug-likeness (QED) is 0.661. The first-order valence-corrected chi connectivity index (χ1v) is 8.37. The molecule has 1 aromatic carbocycles.